The molecule has 0 spiro atoms. The van der Waals surface area contributed by atoms with E-state index in [9.17, 15) is 9.59 Å². The fraction of sp³-hybridized carbons (Fsp3) is 0.318. The van der Waals surface area contributed by atoms with Crippen molar-refractivity contribution in [3.8, 4) is 17.2 Å². The van der Waals surface area contributed by atoms with Crippen molar-refractivity contribution in [2.45, 2.75) is 26.7 Å². The van der Waals surface area contributed by atoms with Crippen molar-refractivity contribution in [3.63, 3.8) is 0 Å². The molecule has 0 aliphatic rings. The molecule has 2 aromatic carbocycles. The summed E-state index contributed by atoms with van der Waals surface area (Å²) in [6.07, 6.45) is 1.53. The van der Waals surface area contributed by atoms with Gasteiger partial charge in [0.15, 0.2) is 11.5 Å². The lowest BCUT2D eigenvalue weighted by molar-refractivity contribution is -0.124. The van der Waals surface area contributed by atoms with E-state index < -0.39 is 0 Å². The van der Waals surface area contributed by atoms with Gasteiger partial charge in [0.1, 0.15) is 0 Å². The Hall–Kier alpha value is -3.55. The van der Waals surface area contributed by atoms with Crippen molar-refractivity contribution >= 4 is 23.7 Å². The third-order valence-corrected chi connectivity index (χ3v) is 4.33. The summed E-state index contributed by atoms with van der Waals surface area (Å²) in [6.45, 7) is 3.91. The summed E-state index contributed by atoms with van der Waals surface area (Å²) < 4.78 is 15.8. The van der Waals surface area contributed by atoms with Crippen LogP contribution < -0.4 is 25.0 Å². The fourth-order valence-corrected chi connectivity index (χ4v) is 2.80. The number of aryl methyl sites for hydroxylation is 2. The van der Waals surface area contributed by atoms with Crippen molar-refractivity contribution in [1.29, 1.82) is 0 Å². The fourth-order valence-electron chi connectivity index (χ4n) is 2.80. The Balaban J connectivity index is 1.88. The molecule has 0 aliphatic carbocycles. The van der Waals surface area contributed by atoms with Gasteiger partial charge in [-0.25, -0.2) is 5.43 Å². The minimum Gasteiger partial charge on any atom is -0.493 e. The second-order valence-electron chi connectivity index (χ2n) is 6.62. The molecule has 30 heavy (non-hydrogen) atoms. The van der Waals surface area contributed by atoms with Gasteiger partial charge in [-0.05, 0) is 37.6 Å². The largest absolute Gasteiger partial charge is 0.493 e. The van der Waals surface area contributed by atoms with E-state index in [1.807, 2.05) is 32.0 Å². The Bertz CT molecular complexity index is 915. The number of amides is 2. The number of hydrazone groups is 1. The van der Waals surface area contributed by atoms with E-state index in [1.54, 1.807) is 12.1 Å². The van der Waals surface area contributed by atoms with Crippen LogP contribution in [0.25, 0.3) is 0 Å². The third kappa shape index (κ3) is 6.23. The average molecular weight is 413 g/mol. The van der Waals surface area contributed by atoms with E-state index in [4.69, 9.17) is 14.2 Å². The van der Waals surface area contributed by atoms with Gasteiger partial charge in [0.05, 0.1) is 27.5 Å². The van der Waals surface area contributed by atoms with E-state index in [0.29, 0.717) is 22.8 Å². The Morgan fingerprint density at radius 3 is 2.13 bits per heavy atom. The number of hydrogen-bond acceptors (Lipinski definition) is 6. The highest BCUT2D eigenvalue weighted by molar-refractivity contribution is 5.94. The molecule has 160 valence electrons. The molecule has 0 heterocycles. The van der Waals surface area contributed by atoms with Crippen LogP contribution in [0, 0.1) is 13.8 Å². The predicted molar refractivity (Wildman–Crippen MR) is 116 cm³/mol. The maximum atomic E-state index is 12.1. The molecule has 2 rings (SSSR count). The Kier molecular flexibility index (Phi) is 8.22. The van der Waals surface area contributed by atoms with E-state index in [1.165, 1.54) is 27.5 Å². The van der Waals surface area contributed by atoms with Crippen LogP contribution in [0.2, 0.25) is 0 Å². The summed E-state index contributed by atoms with van der Waals surface area (Å²) >= 11 is 0. The molecule has 2 amide bonds. The molecule has 0 atom stereocenters. The molecular formula is C22H27N3O5. The Labute approximate surface area is 176 Å². The first-order valence-electron chi connectivity index (χ1n) is 9.37. The zero-order valence-electron chi connectivity index (χ0n) is 17.9. The van der Waals surface area contributed by atoms with E-state index >= 15 is 0 Å². The number of nitrogens with one attached hydrogen (secondary N) is 2. The molecule has 0 bridgehead atoms. The molecule has 2 aromatic rings. The number of benzene rings is 2. The van der Waals surface area contributed by atoms with Crippen molar-refractivity contribution in [2.75, 3.05) is 26.6 Å². The lowest BCUT2D eigenvalue weighted by atomic mass is 10.1. The maximum Gasteiger partial charge on any atom is 0.240 e. The number of nitrogens with zero attached hydrogens (tertiary/aromatic N) is 1. The summed E-state index contributed by atoms with van der Waals surface area (Å²) in [5.41, 5.74) is 5.90. The van der Waals surface area contributed by atoms with Crippen molar-refractivity contribution in [3.05, 3.63) is 47.0 Å². The van der Waals surface area contributed by atoms with Crippen LogP contribution in [0.4, 0.5) is 5.69 Å². The molecule has 0 saturated carbocycles. The van der Waals surface area contributed by atoms with Crippen LogP contribution in [-0.4, -0.2) is 39.4 Å². The van der Waals surface area contributed by atoms with Crippen LogP contribution in [0.15, 0.2) is 35.4 Å². The molecule has 0 aliphatic heterocycles. The third-order valence-electron chi connectivity index (χ3n) is 4.33. The summed E-state index contributed by atoms with van der Waals surface area (Å²) in [5.74, 6) is 0.830. The number of rotatable bonds is 9. The standard InChI is InChI=1S/C22H27N3O5/c1-14-6-7-17(15(2)10-14)24-20(26)8-9-21(27)25-23-13-16-11-18(28-3)22(30-5)19(12-16)29-4/h6-7,10-13H,8-9H2,1-5H3,(H,24,26)(H,25,27)/b23-13+. The summed E-state index contributed by atoms with van der Waals surface area (Å²) in [7, 11) is 4.55. The summed E-state index contributed by atoms with van der Waals surface area (Å²) in [4.78, 5) is 24.1. The molecule has 0 saturated heterocycles. The minimum absolute atomic E-state index is 0.0172. The van der Waals surface area contributed by atoms with Crippen LogP contribution in [-0.2, 0) is 9.59 Å². The lowest BCUT2D eigenvalue weighted by Gasteiger charge is -2.12. The average Bonchev–Trinajstić information content (AvgIpc) is 2.73. The molecule has 8 nitrogen and oxygen atoms in total. The van der Waals surface area contributed by atoms with Gasteiger partial charge < -0.3 is 19.5 Å². The number of methoxy groups -OCH3 is 3. The monoisotopic (exact) mass is 413 g/mol. The maximum absolute atomic E-state index is 12.1. The number of hydrogen-bond donors (Lipinski definition) is 2. The Morgan fingerprint density at radius 1 is 0.933 bits per heavy atom. The molecule has 2 N–H and O–H groups in total. The second-order valence-corrected chi connectivity index (χ2v) is 6.62. The zero-order chi connectivity index (χ0) is 22.1. The SMILES string of the molecule is COc1cc(/C=N/NC(=O)CCC(=O)Nc2ccc(C)cc2C)cc(OC)c1OC. The smallest absolute Gasteiger partial charge is 0.240 e. The second kappa shape index (κ2) is 10.8. The molecule has 0 fully saturated rings. The van der Waals surface area contributed by atoms with Gasteiger partial charge in [0.25, 0.3) is 0 Å². The number of carbonyl (C=O) groups excluding carboxylic acids is 2. The number of carbonyl (C=O) groups is 2. The highest BCUT2D eigenvalue weighted by Crippen LogP contribution is 2.37. The van der Waals surface area contributed by atoms with E-state index in [2.05, 4.69) is 15.8 Å². The van der Waals surface area contributed by atoms with E-state index in [0.717, 1.165) is 16.8 Å². The van der Waals surface area contributed by atoms with Crippen LogP contribution in [0.3, 0.4) is 0 Å². The predicted octanol–water partition coefficient (Wildman–Crippen LogP) is 3.20. The van der Waals surface area contributed by atoms with Gasteiger partial charge in [0.2, 0.25) is 17.6 Å². The zero-order valence-corrected chi connectivity index (χ0v) is 17.9. The normalized spacial score (nSPS) is 10.6. The first-order valence-corrected chi connectivity index (χ1v) is 9.37. The van der Waals surface area contributed by atoms with Gasteiger partial charge in [-0.15, -0.1) is 0 Å². The number of anilines is 1. The quantitative estimate of drug-likeness (QED) is 0.486. The van der Waals surface area contributed by atoms with Crippen LogP contribution in [0.5, 0.6) is 17.2 Å². The van der Waals surface area contributed by atoms with Crippen LogP contribution >= 0.6 is 0 Å². The van der Waals surface area contributed by atoms with Gasteiger partial charge in [-0.2, -0.15) is 5.10 Å². The van der Waals surface area contributed by atoms with Gasteiger partial charge in [-0.1, -0.05) is 17.7 Å². The van der Waals surface area contributed by atoms with Gasteiger partial charge in [-0.3, -0.25) is 9.59 Å². The van der Waals surface area contributed by atoms with Gasteiger partial charge in [0, 0.05) is 24.1 Å². The van der Waals surface area contributed by atoms with Crippen molar-refractivity contribution in [2.24, 2.45) is 5.10 Å². The van der Waals surface area contributed by atoms with Gasteiger partial charge >= 0.3 is 0 Å². The highest BCUT2D eigenvalue weighted by Gasteiger charge is 2.12. The Morgan fingerprint density at radius 2 is 1.57 bits per heavy atom. The molecule has 0 aromatic heterocycles. The minimum atomic E-state index is -0.366. The van der Waals surface area contributed by atoms with Crippen LogP contribution in [0.1, 0.15) is 29.5 Å². The molecular weight excluding hydrogens is 386 g/mol. The topological polar surface area (TPSA) is 98.2 Å². The molecule has 0 unspecified atom stereocenters. The first kappa shape index (κ1) is 22.7. The first-order chi connectivity index (χ1) is 14.4. The lowest BCUT2D eigenvalue weighted by Crippen LogP contribution is -2.20. The van der Waals surface area contributed by atoms with Crippen molar-refractivity contribution < 1.29 is 23.8 Å². The van der Waals surface area contributed by atoms with Crippen molar-refractivity contribution in [1.82, 2.24) is 5.43 Å². The summed E-state index contributed by atoms with van der Waals surface area (Å²) in [5, 5.41) is 6.74. The summed E-state index contributed by atoms with van der Waals surface area (Å²) in [6, 6.07) is 9.17. The highest BCUT2D eigenvalue weighted by atomic mass is 16.5. The molecule has 8 heteroatoms. The number of ether oxygens (including phenoxy) is 3. The molecule has 0 radical (unpaired) electrons. The van der Waals surface area contributed by atoms with E-state index in [-0.39, 0.29) is 24.7 Å².